The molecule has 3 heterocycles. The van der Waals surface area contributed by atoms with Crippen LogP contribution < -0.4 is 16.0 Å². The summed E-state index contributed by atoms with van der Waals surface area (Å²) in [6.45, 7) is 2.91. The van der Waals surface area contributed by atoms with Crippen molar-refractivity contribution in [2.24, 2.45) is 11.7 Å². The Morgan fingerprint density at radius 3 is 2.62 bits per heavy atom. The summed E-state index contributed by atoms with van der Waals surface area (Å²) in [6, 6.07) is 12.9. The second-order valence-electron chi connectivity index (χ2n) is 8.56. The van der Waals surface area contributed by atoms with Crippen LogP contribution in [0.5, 0.6) is 5.75 Å². The topological polar surface area (TPSA) is 80.8 Å². The summed E-state index contributed by atoms with van der Waals surface area (Å²) in [5, 5.41) is 0. The van der Waals surface area contributed by atoms with Crippen molar-refractivity contribution in [3.63, 3.8) is 0 Å². The number of likely N-dealkylation sites (tertiary alicyclic amines) is 1. The van der Waals surface area contributed by atoms with E-state index >= 15 is 0 Å². The third-order valence-corrected chi connectivity index (χ3v) is 6.11. The number of carbonyl (C=O) groups excluding carboxylic acids is 1. The Morgan fingerprint density at radius 1 is 1.16 bits per heavy atom. The fraction of sp³-hybridized carbons (Fsp3) is 0.478. The number of piperidine rings is 1. The lowest BCUT2D eigenvalue weighted by atomic mass is 9.78. The molecular weight excluding hydrogens is 451 g/mol. The molecule has 1 fully saturated rings. The second kappa shape index (κ2) is 11.2. The molecule has 32 heavy (non-hydrogen) atoms. The molecule has 2 aliphatic heterocycles. The van der Waals surface area contributed by atoms with Crippen LogP contribution in [0.2, 0.25) is 0 Å². The fourth-order valence-corrected chi connectivity index (χ4v) is 4.90. The van der Waals surface area contributed by atoms with Crippen molar-refractivity contribution < 1.29 is 9.53 Å². The number of fused-ring (bicyclic) bond motifs is 4. The highest BCUT2D eigenvalue weighted by atomic mass is 35.5. The van der Waals surface area contributed by atoms with Crippen LogP contribution in [0.15, 0.2) is 47.3 Å². The molecule has 7 nitrogen and oxygen atoms in total. The highest BCUT2D eigenvalue weighted by Crippen LogP contribution is 2.41. The van der Waals surface area contributed by atoms with Crippen molar-refractivity contribution in [1.82, 2.24) is 14.4 Å². The summed E-state index contributed by atoms with van der Waals surface area (Å²) in [7, 11) is 4.05. The van der Waals surface area contributed by atoms with Gasteiger partial charge in [0, 0.05) is 49.4 Å². The van der Waals surface area contributed by atoms with E-state index in [0.29, 0.717) is 37.6 Å². The van der Waals surface area contributed by atoms with Gasteiger partial charge in [-0.2, -0.15) is 0 Å². The largest absolute Gasteiger partial charge is 0.492 e. The Bertz CT molecular complexity index is 982. The lowest BCUT2D eigenvalue weighted by Gasteiger charge is -2.47. The van der Waals surface area contributed by atoms with Gasteiger partial charge in [0.15, 0.2) is 0 Å². The van der Waals surface area contributed by atoms with Crippen molar-refractivity contribution in [3.8, 4) is 5.75 Å². The molecule has 1 aromatic carbocycles. The summed E-state index contributed by atoms with van der Waals surface area (Å²) in [5.41, 5.74) is 7.24. The third kappa shape index (κ3) is 5.29. The van der Waals surface area contributed by atoms with Gasteiger partial charge in [0.2, 0.25) is 0 Å². The zero-order valence-electron chi connectivity index (χ0n) is 18.5. The Morgan fingerprint density at radius 2 is 1.91 bits per heavy atom. The highest BCUT2D eigenvalue weighted by Gasteiger charge is 2.42. The second-order valence-corrected chi connectivity index (χ2v) is 8.56. The number of nitrogens with two attached hydrogens (primary N) is 1. The van der Waals surface area contributed by atoms with Crippen LogP contribution in [0, 0.1) is 5.92 Å². The molecule has 0 aliphatic carbocycles. The summed E-state index contributed by atoms with van der Waals surface area (Å²) in [6.07, 6.45) is 1.01. The molecule has 1 aromatic heterocycles. The molecule has 1 saturated heterocycles. The van der Waals surface area contributed by atoms with E-state index in [0.717, 1.165) is 18.7 Å². The van der Waals surface area contributed by atoms with Crippen molar-refractivity contribution >= 4 is 30.7 Å². The average molecular weight is 483 g/mol. The smallest absolute Gasteiger partial charge is 0.254 e. The monoisotopic (exact) mass is 482 g/mol. The Labute approximate surface area is 201 Å². The Balaban J connectivity index is 0.00000181. The molecule has 2 bridgehead atoms. The molecule has 2 N–H and O–H groups in total. The fourth-order valence-electron chi connectivity index (χ4n) is 4.90. The van der Waals surface area contributed by atoms with Crippen molar-refractivity contribution in [2.75, 3.05) is 46.9 Å². The van der Waals surface area contributed by atoms with E-state index in [9.17, 15) is 9.59 Å². The predicted molar refractivity (Wildman–Crippen MR) is 131 cm³/mol. The Kier molecular flexibility index (Phi) is 9.16. The number of nitrogens with zero attached hydrogens (tertiary/aromatic N) is 3. The lowest BCUT2D eigenvalue weighted by Crippen LogP contribution is -2.52. The number of halogens is 2. The number of ether oxygens (including phenoxy) is 1. The van der Waals surface area contributed by atoms with Crippen LogP contribution in [0.3, 0.4) is 0 Å². The van der Waals surface area contributed by atoms with Gasteiger partial charge in [0.25, 0.3) is 11.5 Å². The first-order valence-corrected chi connectivity index (χ1v) is 10.6. The van der Waals surface area contributed by atoms with Gasteiger partial charge in [-0.05, 0) is 50.7 Å². The maximum atomic E-state index is 13.3. The molecule has 1 amide bonds. The van der Waals surface area contributed by atoms with E-state index < -0.39 is 0 Å². The molecular formula is C23H32Cl2N4O3. The number of benzene rings is 1. The van der Waals surface area contributed by atoms with Crippen LogP contribution >= 0.6 is 24.8 Å². The minimum Gasteiger partial charge on any atom is -0.492 e. The molecule has 176 valence electrons. The zero-order chi connectivity index (χ0) is 21.3. The van der Waals surface area contributed by atoms with Gasteiger partial charge in [-0.3, -0.25) is 9.59 Å². The van der Waals surface area contributed by atoms with Crippen LogP contribution in [0.1, 0.15) is 34.4 Å². The van der Waals surface area contributed by atoms with E-state index in [1.165, 1.54) is 0 Å². The van der Waals surface area contributed by atoms with E-state index in [2.05, 4.69) is 4.90 Å². The molecule has 2 aromatic rings. The van der Waals surface area contributed by atoms with E-state index in [1.54, 1.807) is 12.1 Å². The quantitative estimate of drug-likeness (QED) is 0.683. The van der Waals surface area contributed by atoms with Gasteiger partial charge in [0.05, 0.1) is 6.04 Å². The van der Waals surface area contributed by atoms with Gasteiger partial charge >= 0.3 is 0 Å². The highest BCUT2D eigenvalue weighted by molar-refractivity contribution is 5.94. The van der Waals surface area contributed by atoms with Crippen LogP contribution in [-0.4, -0.2) is 67.2 Å². The maximum absolute atomic E-state index is 13.3. The molecule has 0 saturated carbocycles. The molecule has 0 spiro atoms. The number of hydrogen-bond donors (Lipinski definition) is 1. The van der Waals surface area contributed by atoms with Gasteiger partial charge < -0.3 is 24.8 Å². The summed E-state index contributed by atoms with van der Waals surface area (Å²) in [4.78, 5) is 30.1. The minimum atomic E-state index is 0. The first-order chi connectivity index (χ1) is 14.5. The normalized spacial score (nSPS) is 21.2. The van der Waals surface area contributed by atoms with Gasteiger partial charge in [-0.15, -0.1) is 24.8 Å². The van der Waals surface area contributed by atoms with Crippen molar-refractivity contribution in [2.45, 2.75) is 18.4 Å². The Hall–Kier alpha value is -2.06. The van der Waals surface area contributed by atoms with Crippen LogP contribution in [-0.2, 0) is 0 Å². The van der Waals surface area contributed by atoms with Gasteiger partial charge in [-0.1, -0.05) is 12.1 Å². The molecule has 0 unspecified atom stereocenters. The SMILES string of the molecule is CN(C)C[C@H]1[C@H]2C[C@H](CN(C(=O)c3cccc(OCCN)c3)C2)c2cccc(=O)n21.Cl.Cl. The van der Waals surface area contributed by atoms with Crippen molar-refractivity contribution in [1.29, 1.82) is 0 Å². The van der Waals surface area contributed by atoms with E-state index in [1.807, 2.05) is 53.9 Å². The number of hydrogen-bond acceptors (Lipinski definition) is 5. The number of amides is 1. The summed E-state index contributed by atoms with van der Waals surface area (Å²) < 4.78 is 7.56. The molecule has 3 atom stereocenters. The van der Waals surface area contributed by atoms with Crippen LogP contribution in [0.4, 0.5) is 0 Å². The maximum Gasteiger partial charge on any atom is 0.254 e. The molecule has 0 radical (unpaired) electrons. The first kappa shape index (κ1) is 26.2. The predicted octanol–water partition coefficient (Wildman–Crippen LogP) is 2.39. The van der Waals surface area contributed by atoms with Crippen molar-refractivity contribution in [3.05, 3.63) is 64.1 Å². The minimum absolute atomic E-state index is 0. The number of rotatable bonds is 6. The number of aromatic nitrogens is 1. The lowest BCUT2D eigenvalue weighted by molar-refractivity contribution is 0.0498. The number of carbonyl (C=O) groups is 1. The molecule has 2 aliphatic rings. The number of likely N-dealkylation sites (N-methyl/N-ethyl adjacent to an activating group) is 1. The van der Waals surface area contributed by atoms with Gasteiger partial charge in [-0.25, -0.2) is 0 Å². The summed E-state index contributed by atoms with van der Waals surface area (Å²) in [5.74, 6) is 1.10. The van der Waals surface area contributed by atoms with E-state index in [4.69, 9.17) is 10.5 Å². The third-order valence-electron chi connectivity index (χ3n) is 6.11. The first-order valence-electron chi connectivity index (χ1n) is 10.6. The zero-order valence-corrected chi connectivity index (χ0v) is 20.1. The molecule has 4 rings (SSSR count). The average Bonchev–Trinajstić information content (AvgIpc) is 2.74. The standard InChI is InChI=1S/C23H30N4O3.2ClH/c1-25(2)15-21-18-11-17(20-7-4-8-22(28)27(20)21)13-26(14-18)23(29)16-5-3-6-19(12-16)30-10-9-24;;/h3-8,12,17-18,21H,9-11,13-15,24H2,1-2H3;2*1H/t17-,18+,21+;;/m1../s1. The van der Waals surface area contributed by atoms with Crippen LogP contribution in [0.25, 0.3) is 0 Å². The summed E-state index contributed by atoms with van der Waals surface area (Å²) >= 11 is 0. The van der Waals surface area contributed by atoms with Gasteiger partial charge in [0.1, 0.15) is 12.4 Å². The number of pyridine rings is 1. The molecule has 9 heteroatoms. The van der Waals surface area contributed by atoms with E-state index in [-0.39, 0.29) is 54.2 Å².